The van der Waals surface area contributed by atoms with Crippen LogP contribution >= 0.6 is 0 Å². The minimum Gasteiger partial charge on any atom is -0.384 e. The molecular formula is C23H35N3. The number of hydrogen-bond acceptors (Lipinski definition) is 3. The van der Waals surface area contributed by atoms with Gasteiger partial charge < -0.3 is 16.0 Å². The summed E-state index contributed by atoms with van der Waals surface area (Å²) in [5.74, 6) is 0.618. The second-order valence-electron chi connectivity index (χ2n) is 8.01. The van der Waals surface area contributed by atoms with Gasteiger partial charge in [-0.15, -0.1) is 0 Å². The van der Waals surface area contributed by atoms with Gasteiger partial charge in [0.1, 0.15) is 0 Å². The van der Waals surface area contributed by atoms with Gasteiger partial charge in [-0.2, -0.15) is 0 Å². The summed E-state index contributed by atoms with van der Waals surface area (Å²) in [5, 5.41) is 11.0. The molecule has 2 atom stereocenters. The second-order valence-corrected chi connectivity index (χ2v) is 8.01. The van der Waals surface area contributed by atoms with Crippen molar-refractivity contribution in [1.82, 2.24) is 16.0 Å². The van der Waals surface area contributed by atoms with Crippen LogP contribution in [0.2, 0.25) is 0 Å². The number of allylic oxidation sites excluding steroid dienone is 3. The third-order valence-corrected chi connectivity index (χ3v) is 5.85. The minimum atomic E-state index is 0.125. The summed E-state index contributed by atoms with van der Waals surface area (Å²) in [6, 6.07) is 0.729. The van der Waals surface area contributed by atoms with Gasteiger partial charge in [-0.3, -0.25) is 0 Å². The zero-order chi connectivity index (χ0) is 18.5. The molecule has 3 N–H and O–H groups in total. The Kier molecular flexibility index (Phi) is 6.29. The molecule has 3 rings (SSSR count). The van der Waals surface area contributed by atoms with Crippen molar-refractivity contribution in [2.45, 2.75) is 70.9 Å². The van der Waals surface area contributed by atoms with Gasteiger partial charge in [0.05, 0.1) is 12.6 Å². The van der Waals surface area contributed by atoms with Crippen LogP contribution in [-0.2, 0) is 0 Å². The fourth-order valence-corrected chi connectivity index (χ4v) is 4.12. The van der Waals surface area contributed by atoms with Gasteiger partial charge in [-0.1, -0.05) is 64.5 Å². The van der Waals surface area contributed by atoms with Gasteiger partial charge in [0, 0.05) is 28.7 Å². The van der Waals surface area contributed by atoms with Crippen LogP contribution in [-0.4, -0.2) is 18.6 Å². The first-order valence-corrected chi connectivity index (χ1v) is 10.3. The Morgan fingerprint density at radius 3 is 2.73 bits per heavy atom. The fourth-order valence-electron chi connectivity index (χ4n) is 4.12. The molecule has 3 heteroatoms. The maximum absolute atomic E-state index is 4.31. The average molecular weight is 354 g/mol. The van der Waals surface area contributed by atoms with Crippen LogP contribution in [0.25, 0.3) is 0 Å². The number of rotatable bonds is 7. The van der Waals surface area contributed by atoms with Crippen LogP contribution in [0.4, 0.5) is 0 Å². The van der Waals surface area contributed by atoms with Crippen LogP contribution in [0.1, 0.15) is 58.8 Å². The summed E-state index contributed by atoms with van der Waals surface area (Å²) in [7, 11) is 0. The van der Waals surface area contributed by atoms with Gasteiger partial charge in [0.2, 0.25) is 0 Å². The largest absolute Gasteiger partial charge is 0.384 e. The molecule has 3 aliphatic rings. The molecule has 0 radical (unpaired) electrons. The lowest BCUT2D eigenvalue weighted by Crippen LogP contribution is -2.36. The Labute approximate surface area is 159 Å². The molecule has 1 heterocycles. The van der Waals surface area contributed by atoms with Gasteiger partial charge >= 0.3 is 0 Å². The van der Waals surface area contributed by atoms with Gasteiger partial charge in [-0.05, 0) is 37.2 Å². The highest BCUT2D eigenvalue weighted by Gasteiger charge is 2.29. The van der Waals surface area contributed by atoms with E-state index in [0.717, 1.165) is 30.8 Å². The topological polar surface area (TPSA) is 36.1 Å². The van der Waals surface area contributed by atoms with Crippen LogP contribution in [0.3, 0.4) is 0 Å². The second kappa shape index (κ2) is 8.66. The molecule has 0 amide bonds. The third-order valence-electron chi connectivity index (χ3n) is 5.85. The molecule has 1 aliphatic heterocycles. The van der Waals surface area contributed by atoms with Crippen LogP contribution < -0.4 is 16.0 Å². The Bertz CT molecular complexity index is 632. The van der Waals surface area contributed by atoms with E-state index < -0.39 is 0 Å². The summed E-state index contributed by atoms with van der Waals surface area (Å²) in [6.45, 7) is 13.8. The Balaban J connectivity index is 1.88. The van der Waals surface area contributed by atoms with E-state index in [1.807, 2.05) is 0 Å². The predicted octanol–water partition coefficient (Wildman–Crippen LogP) is 4.68. The maximum atomic E-state index is 4.31. The van der Waals surface area contributed by atoms with Crippen LogP contribution in [0, 0.1) is 5.92 Å². The summed E-state index contributed by atoms with van der Waals surface area (Å²) in [6.07, 6.45) is 15.6. The Hall–Kier alpha value is -1.90. The normalized spacial score (nSPS) is 24.9. The molecule has 3 nitrogen and oxygen atoms in total. The van der Waals surface area contributed by atoms with E-state index in [2.05, 4.69) is 61.2 Å². The highest BCUT2D eigenvalue weighted by Crippen LogP contribution is 2.30. The van der Waals surface area contributed by atoms with Crippen molar-refractivity contribution < 1.29 is 0 Å². The molecule has 0 aromatic rings. The molecule has 0 spiro atoms. The highest BCUT2D eigenvalue weighted by atomic mass is 15.1. The lowest BCUT2D eigenvalue weighted by Gasteiger charge is -2.29. The first-order chi connectivity index (χ1) is 12.6. The first kappa shape index (κ1) is 18.9. The molecule has 1 saturated carbocycles. The van der Waals surface area contributed by atoms with Crippen molar-refractivity contribution in [3.8, 4) is 0 Å². The first-order valence-electron chi connectivity index (χ1n) is 10.3. The van der Waals surface area contributed by atoms with Crippen molar-refractivity contribution in [3.63, 3.8) is 0 Å². The summed E-state index contributed by atoms with van der Waals surface area (Å²) < 4.78 is 0. The van der Waals surface area contributed by atoms with E-state index in [1.165, 1.54) is 48.9 Å². The maximum Gasteiger partial charge on any atom is 0.0798 e. The standard InChI is InChI=1S/C23H35N3/c1-5-17(3)25-23(19-13-11-16(2)12-14-19)22-18(4)24-15-21(22)26-20-9-7-6-8-10-20/h11,13-14,16,20,23-26H,3-10,12,15H2,1-2H3. The third kappa shape index (κ3) is 4.44. The summed E-state index contributed by atoms with van der Waals surface area (Å²) in [5.41, 5.74) is 6.05. The van der Waals surface area contributed by atoms with E-state index in [9.17, 15) is 0 Å². The fraction of sp³-hybridized carbons (Fsp3) is 0.565. The zero-order valence-electron chi connectivity index (χ0n) is 16.5. The van der Waals surface area contributed by atoms with E-state index in [1.54, 1.807) is 0 Å². The molecule has 2 unspecified atom stereocenters. The lowest BCUT2D eigenvalue weighted by atomic mass is 9.89. The highest BCUT2D eigenvalue weighted by molar-refractivity contribution is 5.50. The number of nitrogens with one attached hydrogen (secondary N) is 3. The molecule has 0 aromatic carbocycles. The van der Waals surface area contributed by atoms with E-state index in [4.69, 9.17) is 0 Å². The van der Waals surface area contributed by atoms with E-state index >= 15 is 0 Å². The Morgan fingerprint density at radius 2 is 2.08 bits per heavy atom. The molecule has 26 heavy (non-hydrogen) atoms. The predicted molar refractivity (Wildman–Crippen MR) is 112 cm³/mol. The molecule has 142 valence electrons. The smallest absolute Gasteiger partial charge is 0.0798 e. The molecule has 2 aliphatic carbocycles. The van der Waals surface area contributed by atoms with Crippen LogP contribution in [0.15, 0.2) is 59.6 Å². The molecule has 0 saturated heterocycles. The van der Waals surface area contributed by atoms with Gasteiger partial charge in [-0.25, -0.2) is 0 Å². The minimum absolute atomic E-state index is 0.125. The van der Waals surface area contributed by atoms with Crippen molar-refractivity contribution in [2.75, 3.05) is 6.54 Å². The molecule has 1 fully saturated rings. The summed E-state index contributed by atoms with van der Waals surface area (Å²) in [4.78, 5) is 0. The lowest BCUT2D eigenvalue weighted by molar-refractivity contribution is 0.394. The number of hydrogen-bond donors (Lipinski definition) is 3. The van der Waals surface area contributed by atoms with Crippen LogP contribution in [0.5, 0.6) is 0 Å². The van der Waals surface area contributed by atoms with Crippen molar-refractivity contribution in [2.24, 2.45) is 5.92 Å². The Morgan fingerprint density at radius 1 is 1.31 bits per heavy atom. The van der Waals surface area contributed by atoms with E-state index in [0.29, 0.717) is 12.0 Å². The van der Waals surface area contributed by atoms with Gasteiger partial charge in [0.15, 0.2) is 0 Å². The van der Waals surface area contributed by atoms with Gasteiger partial charge in [0.25, 0.3) is 0 Å². The summed E-state index contributed by atoms with van der Waals surface area (Å²) >= 11 is 0. The van der Waals surface area contributed by atoms with Crippen molar-refractivity contribution in [3.05, 3.63) is 59.6 Å². The average Bonchev–Trinajstić information content (AvgIpc) is 3.01. The van der Waals surface area contributed by atoms with E-state index in [-0.39, 0.29) is 6.04 Å². The SMILES string of the molecule is C=C(CC)NC(C1=CCC(C)C=C1)C1=C(NC2CCCCC2)CNC1=C. The quantitative estimate of drug-likeness (QED) is 0.622. The zero-order valence-corrected chi connectivity index (χ0v) is 16.5. The molecular weight excluding hydrogens is 318 g/mol. The van der Waals surface area contributed by atoms with Crippen molar-refractivity contribution >= 4 is 0 Å². The van der Waals surface area contributed by atoms with Crippen molar-refractivity contribution in [1.29, 1.82) is 0 Å². The monoisotopic (exact) mass is 353 g/mol. The molecule has 0 bridgehead atoms. The molecule has 0 aromatic heterocycles.